The third kappa shape index (κ3) is 5.55. The van der Waals surface area contributed by atoms with Crippen molar-refractivity contribution in [2.24, 2.45) is 0 Å². The lowest BCUT2D eigenvalue weighted by molar-refractivity contribution is -0.0698. The maximum absolute atomic E-state index is 6.15. The highest BCUT2D eigenvalue weighted by atomic mass is 35.5. The van der Waals surface area contributed by atoms with Crippen molar-refractivity contribution in [3.63, 3.8) is 0 Å². The van der Waals surface area contributed by atoms with Crippen molar-refractivity contribution in [2.75, 3.05) is 13.0 Å². The van der Waals surface area contributed by atoms with E-state index in [1.807, 2.05) is 60.7 Å². The Morgan fingerprint density at radius 1 is 0.913 bits per heavy atom. The lowest BCUT2D eigenvalue weighted by atomic mass is 10.3. The van der Waals surface area contributed by atoms with Crippen LogP contribution in [-0.4, -0.2) is 28.1 Å². The predicted molar refractivity (Wildman–Crippen MR) is 93.0 cm³/mol. The van der Waals surface area contributed by atoms with Gasteiger partial charge in [-0.15, -0.1) is 11.6 Å². The molecule has 0 spiro atoms. The monoisotopic (exact) mass is 352 g/mol. The number of hydrogen-bond donors (Lipinski definition) is 0. The summed E-state index contributed by atoms with van der Waals surface area (Å²) in [7, 11) is -1.54. The Morgan fingerprint density at radius 2 is 1.39 bits per heavy atom. The van der Waals surface area contributed by atoms with Crippen molar-refractivity contribution in [3.05, 3.63) is 60.7 Å². The van der Waals surface area contributed by atoms with E-state index in [-0.39, 0.29) is 0 Å². The van der Waals surface area contributed by atoms with Gasteiger partial charge in [-0.3, -0.25) is 0 Å². The summed E-state index contributed by atoms with van der Waals surface area (Å²) < 4.78 is 23.6. The highest BCUT2D eigenvalue weighted by Gasteiger charge is 2.47. The van der Waals surface area contributed by atoms with Crippen molar-refractivity contribution in [1.82, 2.24) is 0 Å². The first-order valence-corrected chi connectivity index (χ1v) is 9.89. The summed E-state index contributed by atoms with van der Waals surface area (Å²) in [5.74, 6) is 1.73. The van der Waals surface area contributed by atoms with Crippen LogP contribution in [0.25, 0.3) is 0 Å². The van der Waals surface area contributed by atoms with Crippen molar-refractivity contribution in [2.45, 2.75) is 19.3 Å². The molecule has 0 fully saturated rings. The number of benzene rings is 2. The zero-order valence-corrected chi connectivity index (χ0v) is 15.0. The van der Waals surface area contributed by atoms with E-state index >= 15 is 0 Å². The highest BCUT2D eigenvalue weighted by molar-refractivity contribution is 6.63. The zero-order chi connectivity index (χ0) is 16.5. The molecule has 23 heavy (non-hydrogen) atoms. The van der Waals surface area contributed by atoms with Gasteiger partial charge < -0.3 is 18.0 Å². The van der Waals surface area contributed by atoms with Crippen LogP contribution in [-0.2, 0) is 9.16 Å². The Morgan fingerprint density at radius 3 is 1.78 bits per heavy atom. The quantitative estimate of drug-likeness (QED) is 0.382. The van der Waals surface area contributed by atoms with E-state index in [0.717, 1.165) is 0 Å². The molecule has 4 nitrogen and oxygen atoms in total. The number of alkyl halides is 1. The topological polar surface area (TPSA) is 36.9 Å². The average Bonchev–Trinajstić information content (AvgIpc) is 2.56. The van der Waals surface area contributed by atoms with Crippen LogP contribution in [0.3, 0.4) is 0 Å². The summed E-state index contributed by atoms with van der Waals surface area (Å²) in [6.07, 6.45) is -0.461. The molecule has 1 atom stereocenters. The fourth-order valence-electron chi connectivity index (χ4n) is 1.98. The van der Waals surface area contributed by atoms with Gasteiger partial charge >= 0.3 is 8.80 Å². The fraction of sp³-hybridized carbons (Fsp3) is 0.294. The standard InChI is InChI=1S/C17H21ClO4Si/c1-15(19-2)20-23(14-13-18,21-16-9-5-3-6-10-16)22-17-11-7-4-8-12-17/h3-12,15H,13-14H2,1-2H3. The number of rotatable bonds is 9. The lowest BCUT2D eigenvalue weighted by Gasteiger charge is -2.31. The molecule has 0 aliphatic rings. The third-order valence-electron chi connectivity index (χ3n) is 3.11. The van der Waals surface area contributed by atoms with Gasteiger partial charge in [0.05, 0.1) is 6.04 Å². The molecule has 0 N–H and O–H groups in total. The van der Waals surface area contributed by atoms with Gasteiger partial charge in [0.25, 0.3) is 0 Å². The number of halogens is 1. The zero-order valence-electron chi connectivity index (χ0n) is 13.3. The van der Waals surface area contributed by atoms with E-state index in [1.54, 1.807) is 14.0 Å². The molecular formula is C17H21ClO4Si. The second-order valence-electron chi connectivity index (χ2n) is 4.87. The Kier molecular flexibility index (Phi) is 6.92. The molecule has 124 valence electrons. The SMILES string of the molecule is COC(C)O[Si](CCCl)(Oc1ccccc1)Oc1ccccc1. The molecule has 0 aromatic heterocycles. The van der Waals surface area contributed by atoms with Crippen LogP contribution in [0.4, 0.5) is 0 Å². The van der Waals surface area contributed by atoms with Gasteiger partial charge in [-0.1, -0.05) is 36.4 Å². The highest BCUT2D eigenvalue weighted by Crippen LogP contribution is 2.25. The van der Waals surface area contributed by atoms with E-state index in [1.165, 1.54) is 0 Å². The normalized spacial score (nSPS) is 12.7. The molecule has 2 rings (SSSR count). The van der Waals surface area contributed by atoms with Crippen LogP contribution in [0.2, 0.25) is 6.04 Å². The predicted octanol–water partition coefficient (Wildman–Crippen LogP) is 4.33. The minimum absolute atomic E-state index is 0.363. The Bertz CT molecular complexity index is 526. The van der Waals surface area contributed by atoms with Gasteiger partial charge in [-0.25, -0.2) is 0 Å². The number of para-hydroxylation sites is 2. The van der Waals surface area contributed by atoms with Crippen LogP contribution < -0.4 is 8.85 Å². The minimum atomic E-state index is -3.12. The molecule has 0 heterocycles. The molecule has 0 aliphatic heterocycles. The van der Waals surface area contributed by atoms with Crippen molar-refractivity contribution in [1.29, 1.82) is 0 Å². The van der Waals surface area contributed by atoms with Gasteiger partial charge in [0.1, 0.15) is 17.8 Å². The summed E-state index contributed by atoms with van der Waals surface area (Å²) in [5.41, 5.74) is 0. The molecule has 2 aromatic carbocycles. The maximum atomic E-state index is 6.15. The third-order valence-corrected chi connectivity index (χ3v) is 6.26. The first kappa shape index (κ1) is 17.8. The van der Waals surface area contributed by atoms with Crippen molar-refractivity contribution in [3.8, 4) is 11.5 Å². The van der Waals surface area contributed by atoms with Crippen LogP contribution >= 0.6 is 11.6 Å². The van der Waals surface area contributed by atoms with E-state index in [4.69, 9.17) is 29.6 Å². The van der Waals surface area contributed by atoms with Gasteiger partial charge in [0.2, 0.25) is 0 Å². The van der Waals surface area contributed by atoms with Crippen LogP contribution in [0.15, 0.2) is 60.7 Å². The molecule has 1 unspecified atom stereocenters. The van der Waals surface area contributed by atoms with E-state index < -0.39 is 15.1 Å². The van der Waals surface area contributed by atoms with E-state index in [0.29, 0.717) is 23.4 Å². The summed E-state index contributed by atoms with van der Waals surface area (Å²) in [4.78, 5) is 0. The Balaban J connectivity index is 2.29. The van der Waals surface area contributed by atoms with Crippen LogP contribution in [0.1, 0.15) is 6.92 Å². The molecule has 0 aliphatic carbocycles. The second-order valence-corrected chi connectivity index (χ2v) is 7.76. The lowest BCUT2D eigenvalue weighted by Crippen LogP contribution is -2.54. The van der Waals surface area contributed by atoms with Crippen molar-refractivity contribution < 1.29 is 18.0 Å². The molecule has 0 bridgehead atoms. The molecule has 0 radical (unpaired) electrons. The first-order chi connectivity index (χ1) is 11.2. The van der Waals surface area contributed by atoms with Gasteiger partial charge in [-0.2, -0.15) is 0 Å². The minimum Gasteiger partial charge on any atom is -0.492 e. The van der Waals surface area contributed by atoms with E-state index in [9.17, 15) is 0 Å². The number of ether oxygens (including phenoxy) is 1. The largest absolute Gasteiger partial charge is 0.635 e. The van der Waals surface area contributed by atoms with Crippen LogP contribution in [0, 0.1) is 0 Å². The molecule has 0 saturated carbocycles. The number of methoxy groups -OCH3 is 1. The second kappa shape index (κ2) is 8.93. The molecule has 6 heteroatoms. The van der Waals surface area contributed by atoms with Crippen LogP contribution in [0.5, 0.6) is 11.5 Å². The maximum Gasteiger partial charge on any atom is 0.635 e. The first-order valence-electron chi connectivity index (χ1n) is 7.42. The summed E-state index contributed by atoms with van der Waals surface area (Å²) in [6, 6.07) is 19.4. The summed E-state index contributed by atoms with van der Waals surface area (Å²) in [5, 5.41) is 0. The summed E-state index contributed by atoms with van der Waals surface area (Å²) in [6.45, 7) is 1.80. The van der Waals surface area contributed by atoms with Gasteiger partial charge in [0.15, 0.2) is 0 Å². The Labute approximate surface area is 143 Å². The van der Waals surface area contributed by atoms with Gasteiger partial charge in [0, 0.05) is 13.0 Å². The molecule has 0 saturated heterocycles. The van der Waals surface area contributed by atoms with E-state index in [2.05, 4.69) is 0 Å². The summed E-state index contributed by atoms with van der Waals surface area (Å²) >= 11 is 6.00. The Hall–Kier alpha value is -1.53. The molecule has 0 amide bonds. The fourth-order valence-corrected chi connectivity index (χ4v) is 4.96. The molecule has 2 aromatic rings. The average molecular weight is 353 g/mol. The van der Waals surface area contributed by atoms with Gasteiger partial charge in [-0.05, 0) is 31.2 Å². The number of hydrogen-bond acceptors (Lipinski definition) is 4. The van der Waals surface area contributed by atoms with Crippen molar-refractivity contribution >= 4 is 20.4 Å². The smallest absolute Gasteiger partial charge is 0.492 e. The molecular weight excluding hydrogens is 332 g/mol.